The Bertz CT molecular complexity index is 307. The molecule has 1 amide bonds. The number of likely N-dealkylation sites (N-methyl/N-ethyl adjacent to an activating group) is 1. The quantitative estimate of drug-likeness (QED) is 0.621. The molecule has 4 nitrogen and oxygen atoms in total. The van der Waals surface area contributed by atoms with E-state index in [0.29, 0.717) is 6.08 Å². The molecule has 14 heavy (non-hydrogen) atoms. The smallest absolute Gasteiger partial charge is 0.410 e. The molecule has 1 fully saturated rings. The van der Waals surface area contributed by atoms with Crippen molar-refractivity contribution in [2.24, 2.45) is 0 Å². The van der Waals surface area contributed by atoms with E-state index in [0.717, 1.165) is 4.90 Å². The van der Waals surface area contributed by atoms with Crippen LogP contribution in [0.5, 0.6) is 0 Å². The van der Waals surface area contributed by atoms with Gasteiger partial charge in [-0.25, -0.2) is 13.6 Å². The average Bonchev–Trinajstić information content (AvgIpc) is 2.40. The van der Waals surface area contributed by atoms with Gasteiger partial charge in [0.05, 0.1) is 0 Å². The lowest BCUT2D eigenvalue weighted by atomic mass is 9.94. The fourth-order valence-electron chi connectivity index (χ4n) is 1.73. The number of hydrogen-bond donors (Lipinski definition) is 1. The van der Waals surface area contributed by atoms with Gasteiger partial charge in [0.25, 0.3) is 0 Å². The monoisotopic (exact) mass is 205 g/mol. The number of carbonyl (C=O) groups is 1. The molecule has 1 aliphatic carbocycles. The van der Waals surface area contributed by atoms with Crippen LogP contribution in [0.2, 0.25) is 0 Å². The van der Waals surface area contributed by atoms with Crippen LogP contribution < -0.4 is 0 Å². The summed E-state index contributed by atoms with van der Waals surface area (Å²) in [5.74, 6) is -0.777. The zero-order chi connectivity index (χ0) is 10.5. The minimum atomic E-state index is -1.82. The predicted octanol–water partition coefficient (Wildman–Crippen LogP) is 0.372. The highest BCUT2D eigenvalue weighted by atomic mass is 19.1. The van der Waals surface area contributed by atoms with Crippen LogP contribution in [0.15, 0.2) is 11.9 Å². The molecule has 1 aliphatic heterocycles. The van der Waals surface area contributed by atoms with Crippen molar-refractivity contribution in [3.63, 3.8) is 0 Å². The van der Waals surface area contributed by atoms with E-state index in [2.05, 4.69) is 4.74 Å². The third-order valence-corrected chi connectivity index (χ3v) is 2.52. The number of halogens is 2. The molecule has 6 heteroatoms. The summed E-state index contributed by atoms with van der Waals surface area (Å²) >= 11 is 0. The van der Waals surface area contributed by atoms with Gasteiger partial charge in [0.2, 0.25) is 0 Å². The van der Waals surface area contributed by atoms with E-state index in [-0.39, 0.29) is 0 Å². The third kappa shape index (κ3) is 1.10. The van der Waals surface area contributed by atoms with Crippen LogP contribution in [0.3, 0.4) is 0 Å². The van der Waals surface area contributed by atoms with Gasteiger partial charge in [-0.15, -0.1) is 0 Å². The molecule has 1 saturated heterocycles. The number of carbonyl (C=O) groups excluding carboxylic acids is 1. The van der Waals surface area contributed by atoms with E-state index in [1.165, 1.54) is 7.05 Å². The maximum absolute atomic E-state index is 13.2. The summed E-state index contributed by atoms with van der Waals surface area (Å²) in [6, 6.07) is -0.996. The molecule has 1 N–H and O–H groups in total. The standard InChI is InChI=1S/C8H9F2NO3/c1-11-5-3(9)2-4(10)6(12)7(5)14-8(11)13/h2,4-7,12H,1H3/t4-,5+,6+,7+/m0/s1. The molecule has 0 aromatic carbocycles. The summed E-state index contributed by atoms with van der Waals surface area (Å²) in [6.45, 7) is 0. The van der Waals surface area contributed by atoms with Crippen molar-refractivity contribution < 1.29 is 23.4 Å². The summed E-state index contributed by atoms with van der Waals surface area (Å²) < 4.78 is 30.8. The molecule has 0 radical (unpaired) electrons. The molecule has 0 unspecified atom stereocenters. The molecule has 0 saturated carbocycles. The predicted molar refractivity (Wildman–Crippen MR) is 41.9 cm³/mol. The van der Waals surface area contributed by atoms with Crippen LogP contribution in [0, 0.1) is 0 Å². The number of ether oxygens (including phenoxy) is 1. The fourth-order valence-corrected chi connectivity index (χ4v) is 1.73. The number of aliphatic hydroxyl groups is 1. The van der Waals surface area contributed by atoms with Gasteiger partial charge < -0.3 is 9.84 Å². The Kier molecular flexibility index (Phi) is 1.95. The number of aliphatic hydroxyl groups excluding tert-OH is 1. The first-order valence-electron chi connectivity index (χ1n) is 4.15. The average molecular weight is 205 g/mol. The number of amides is 1. The Balaban J connectivity index is 2.35. The molecule has 78 valence electrons. The second-order valence-corrected chi connectivity index (χ2v) is 3.39. The Morgan fingerprint density at radius 1 is 1.64 bits per heavy atom. The lowest BCUT2D eigenvalue weighted by Gasteiger charge is -2.28. The lowest BCUT2D eigenvalue weighted by Crippen LogP contribution is -2.47. The molecule has 0 aromatic heterocycles. The molecule has 1 heterocycles. The van der Waals surface area contributed by atoms with Gasteiger partial charge >= 0.3 is 6.09 Å². The van der Waals surface area contributed by atoms with Crippen LogP contribution in [-0.4, -0.2) is 47.6 Å². The van der Waals surface area contributed by atoms with Gasteiger partial charge in [0.1, 0.15) is 18.0 Å². The summed E-state index contributed by atoms with van der Waals surface area (Å²) in [5, 5.41) is 9.31. The summed E-state index contributed by atoms with van der Waals surface area (Å²) in [7, 11) is 1.34. The number of rotatable bonds is 0. The van der Waals surface area contributed by atoms with E-state index < -0.39 is 36.3 Å². The molecule has 2 aliphatic rings. The van der Waals surface area contributed by atoms with Gasteiger partial charge in [0, 0.05) is 7.05 Å². The first-order chi connectivity index (χ1) is 6.52. The SMILES string of the molecule is CN1C(=O)O[C@H]2[C@H](O)[C@@H](F)C=C(F)[C@H]21. The van der Waals surface area contributed by atoms with Crippen LogP contribution >= 0.6 is 0 Å². The largest absolute Gasteiger partial charge is 0.441 e. The first-order valence-corrected chi connectivity index (χ1v) is 4.15. The van der Waals surface area contributed by atoms with Crippen LogP contribution in [-0.2, 0) is 4.74 Å². The van der Waals surface area contributed by atoms with Crippen LogP contribution in [0.4, 0.5) is 13.6 Å². The molecule has 0 aromatic rings. The molecule has 2 rings (SSSR count). The zero-order valence-corrected chi connectivity index (χ0v) is 7.35. The number of alkyl halides is 1. The van der Waals surface area contributed by atoms with Crippen LogP contribution in [0.1, 0.15) is 0 Å². The van der Waals surface area contributed by atoms with Gasteiger partial charge in [-0.1, -0.05) is 0 Å². The Labute approximate surface area is 78.8 Å². The van der Waals surface area contributed by atoms with Crippen molar-refractivity contribution in [1.82, 2.24) is 4.90 Å². The highest BCUT2D eigenvalue weighted by molar-refractivity contribution is 5.71. The highest BCUT2D eigenvalue weighted by Gasteiger charge is 2.51. The lowest BCUT2D eigenvalue weighted by molar-refractivity contribution is -0.0214. The number of nitrogens with zero attached hydrogens (tertiary/aromatic N) is 1. The first kappa shape index (κ1) is 9.39. The van der Waals surface area contributed by atoms with Crippen LogP contribution in [0.25, 0.3) is 0 Å². The van der Waals surface area contributed by atoms with Gasteiger partial charge in [-0.3, -0.25) is 4.90 Å². The maximum Gasteiger partial charge on any atom is 0.410 e. The summed E-state index contributed by atoms with van der Waals surface area (Å²) in [6.07, 6.45) is -4.54. The molecule has 0 spiro atoms. The van der Waals surface area contributed by atoms with Gasteiger partial charge in [0.15, 0.2) is 12.3 Å². The van der Waals surface area contributed by atoms with E-state index in [4.69, 9.17) is 0 Å². The van der Waals surface area contributed by atoms with E-state index in [9.17, 15) is 18.7 Å². The third-order valence-electron chi connectivity index (χ3n) is 2.52. The van der Waals surface area contributed by atoms with Crippen molar-refractivity contribution in [2.75, 3.05) is 7.05 Å². The van der Waals surface area contributed by atoms with Crippen molar-refractivity contribution in [3.05, 3.63) is 11.9 Å². The minimum absolute atomic E-state index is 0.671. The molecular formula is C8H9F2NO3. The Hall–Kier alpha value is -1.17. The van der Waals surface area contributed by atoms with E-state index in [1.807, 2.05) is 0 Å². The number of fused-ring (bicyclic) bond motifs is 1. The molecule has 4 atom stereocenters. The normalized spacial score (nSPS) is 41.9. The van der Waals surface area contributed by atoms with Gasteiger partial charge in [-0.05, 0) is 6.08 Å². The van der Waals surface area contributed by atoms with E-state index in [1.54, 1.807) is 0 Å². The topological polar surface area (TPSA) is 49.8 Å². The van der Waals surface area contributed by atoms with Crippen molar-refractivity contribution in [2.45, 2.75) is 24.4 Å². The minimum Gasteiger partial charge on any atom is -0.441 e. The Morgan fingerprint density at radius 2 is 2.29 bits per heavy atom. The highest BCUT2D eigenvalue weighted by Crippen LogP contribution is 2.33. The van der Waals surface area contributed by atoms with Gasteiger partial charge in [-0.2, -0.15) is 0 Å². The van der Waals surface area contributed by atoms with E-state index >= 15 is 0 Å². The molecular weight excluding hydrogens is 196 g/mol. The summed E-state index contributed by atoms with van der Waals surface area (Å²) in [4.78, 5) is 12.0. The fraction of sp³-hybridized carbons (Fsp3) is 0.625. The second-order valence-electron chi connectivity index (χ2n) is 3.39. The summed E-state index contributed by atoms with van der Waals surface area (Å²) in [5.41, 5.74) is 0. The van der Waals surface area contributed by atoms with Crippen molar-refractivity contribution in [1.29, 1.82) is 0 Å². The van der Waals surface area contributed by atoms with Crippen molar-refractivity contribution >= 4 is 6.09 Å². The van der Waals surface area contributed by atoms with Crippen molar-refractivity contribution in [3.8, 4) is 0 Å². The molecule has 0 bridgehead atoms. The zero-order valence-electron chi connectivity index (χ0n) is 7.35. The Morgan fingerprint density at radius 3 is 2.93 bits per heavy atom. The number of hydrogen-bond acceptors (Lipinski definition) is 3. The maximum atomic E-state index is 13.2. The second kappa shape index (κ2) is 2.91.